The minimum absolute atomic E-state index is 0.643. The smallest absolute Gasteiger partial charge is 0.191 e. The molecule has 2 rings (SSSR count). The van der Waals surface area contributed by atoms with Gasteiger partial charge in [0.2, 0.25) is 0 Å². The van der Waals surface area contributed by atoms with Crippen LogP contribution in [-0.2, 0) is 6.42 Å². The number of pyridine rings is 1. The number of hydrogen-bond donors (Lipinski definition) is 2. The molecular weight excluding hydrogens is 262 g/mol. The van der Waals surface area contributed by atoms with Crippen molar-refractivity contribution in [3.05, 3.63) is 30.1 Å². The lowest BCUT2D eigenvalue weighted by molar-refractivity contribution is 0.267. The number of guanidine groups is 1. The molecule has 1 fully saturated rings. The fraction of sp³-hybridized carbons (Fsp3) is 0.625. The van der Waals surface area contributed by atoms with E-state index in [0.717, 1.165) is 37.7 Å². The van der Waals surface area contributed by atoms with Gasteiger partial charge in [0.25, 0.3) is 0 Å². The molecule has 1 saturated heterocycles. The summed E-state index contributed by atoms with van der Waals surface area (Å²) in [4.78, 5) is 11.1. The van der Waals surface area contributed by atoms with Crippen molar-refractivity contribution in [1.29, 1.82) is 0 Å². The van der Waals surface area contributed by atoms with E-state index in [-0.39, 0.29) is 0 Å². The first-order valence-electron chi connectivity index (χ1n) is 7.92. The molecule has 1 aromatic rings. The molecule has 0 aliphatic carbocycles. The summed E-state index contributed by atoms with van der Waals surface area (Å²) in [5.74, 6) is 0.883. The molecule has 0 radical (unpaired) electrons. The van der Waals surface area contributed by atoms with E-state index in [0.29, 0.717) is 6.04 Å². The lowest BCUT2D eigenvalue weighted by Gasteiger charge is -2.23. The second kappa shape index (κ2) is 8.62. The first-order chi connectivity index (χ1) is 10.3. The van der Waals surface area contributed by atoms with E-state index in [1.807, 2.05) is 25.4 Å². The molecule has 1 aliphatic rings. The van der Waals surface area contributed by atoms with Crippen molar-refractivity contribution in [3.63, 3.8) is 0 Å². The topological polar surface area (TPSA) is 52.5 Å². The van der Waals surface area contributed by atoms with Crippen LogP contribution in [0.15, 0.2) is 29.4 Å². The zero-order valence-corrected chi connectivity index (χ0v) is 13.2. The summed E-state index contributed by atoms with van der Waals surface area (Å²) in [5.41, 5.74) is 1.11. The summed E-state index contributed by atoms with van der Waals surface area (Å²) >= 11 is 0. The fourth-order valence-corrected chi connectivity index (χ4v) is 2.83. The molecule has 5 heteroatoms. The Balaban J connectivity index is 1.69. The third-order valence-corrected chi connectivity index (χ3v) is 4.03. The van der Waals surface area contributed by atoms with E-state index in [1.54, 1.807) is 0 Å². The van der Waals surface area contributed by atoms with E-state index in [2.05, 4.69) is 38.5 Å². The Labute approximate surface area is 127 Å². The van der Waals surface area contributed by atoms with Crippen LogP contribution in [0, 0.1) is 0 Å². The SMILES string of the molecule is CCN1CCCC1CNC(=NC)NCCc1ccccn1. The monoisotopic (exact) mass is 289 g/mol. The summed E-state index contributed by atoms with van der Waals surface area (Å²) in [5, 5.41) is 6.79. The maximum Gasteiger partial charge on any atom is 0.191 e. The lowest BCUT2D eigenvalue weighted by Crippen LogP contribution is -2.45. The van der Waals surface area contributed by atoms with Crippen LogP contribution < -0.4 is 10.6 Å². The summed E-state index contributed by atoms with van der Waals surface area (Å²) < 4.78 is 0. The highest BCUT2D eigenvalue weighted by Crippen LogP contribution is 2.15. The summed E-state index contributed by atoms with van der Waals surface area (Å²) in [6, 6.07) is 6.66. The predicted molar refractivity (Wildman–Crippen MR) is 87.6 cm³/mol. The van der Waals surface area contributed by atoms with E-state index in [4.69, 9.17) is 0 Å². The van der Waals surface area contributed by atoms with Gasteiger partial charge in [0.05, 0.1) is 0 Å². The molecule has 1 atom stereocenters. The van der Waals surface area contributed by atoms with E-state index in [1.165, 1.54) is 19.4 Å². The maximum absolute atomic E-state index is 4.32. The number of nitrogens with one attached hydrogen (secondary N) is 2. The van der Waals surface area contributed by atoms with Crippen LogP contribution in [0.5, 0.6) is 0 Å². The van der Waals surface area contributed by atoms with Gasteiger partial charge < -0.3 is 10.6 Å². The van der Waals surface area contributed by atoms with Gasteiger partial charge in [-0.15, -0.1) is 0 Å². The zero-order chi connectivity index (χ0) is 14.9. The Bertz CT molecular complexity index is 432. The third-order valence-electron chi connectivity index (χ3n) is 4.03. The summed E-state index contributed by atoms with van der Waals surface area (Å²) in [7, 11) is 1.82. The van der Waals surface area contributed by atoms with E-state index >= 15 is 0 Å². The van der Waals surface area contributed by atoms with Crippen molar-refractivity contribution in [3.8, 4) is 0 Å². The van der Waals surface area contributed by atoms with Crippen LogP contribution in [0.25, 0.3) is 0 Å². The molecule has 2 N–H and O–H groups in total. The van der Waals surface area contributed by atoms with Crippen molar-refractivity contribution < 1.29 is 0 Å². The normalized spacial score (nSPS) is 19.7. The van der Waals surface area contributed by atoms with Crippen LogP contribution in [-0.4, -0.2) is 55.1 Å². The minimum Gasteiger partial charge on any atom is -0.356 e. The number of hydrogen-bond acceptors (Lipinski definition) is 3. The molecule has 0 saturated carbocycles. The first kappa shape index (κ1) is 15.8. The molecule has 0 aromatic carbocycles. The molecule has 0 spiro atoms. The van der Waals surface area contributed by atoms with Crippen LogP contribution in [0.4, 0.5) is 0 Å². The van der Waals surface area contributed by atoms with Gasteiger partial charge in [-0.2, -0.15) is 0 Å². The quantitative estimate of drug-likeness (QED) is 0.612. The van der Waals surface area contributed by atoms with Gasteiger partial charge >= 0.3 is 0 Å². The number of likely N-dealkylation sites (tertiary alicyclic amines) is 1. The molecule has 1 aliphatic heterocycles. The molecule has 5 nitrogen and oxygen atoms in total. The Kier molecular flexibility index (Phi) is 6.47. The third kappa shape index (κ3) is 5.01. The Hall–Kier alpha value is -1.62. The number of nitrogens with zero attached hydrogens (tertiary/aromatic N) is 3. The second-order valence-electron chi connectivity index (χ2n) is 5.38. The van der Waals surface area contributed by atoms with Crippen molar-refractivity contribution in [2.75, 3.05) is 33.2 Å². The van der Waals surface area contributed by atoms with Crippen molar-refractivity contribution in [2.24, 2.45) is 4.99 Å². The van der Waals surface area contributed by atoms with Crippen LogP contribution in [0.3, 0.4) is 0 Å². The molecular formula is C16H27N5. The van der Waals surface area contributed by atoms with Crippen molar-refractivity contribution >= 4 is 5.96 Å². The number of aromatic nitrogens is 1. The number of aliphatic imine (C=N–C) groups is 1. The van der Waals surface area contributed by atoms with Gasteiger partial charge in [0.15, 0.2) is 5.96 Å². The van der Waals surface area contributed by atoms with Crippen LogP contribution in [0.1, 0.15) is 25.5 Å². The largest absolute Gasteiger partial charge is 0.356 e. The minimum atomic E-state index is 0.643. The molecule has 116 valence electrons. The summed E-state index contributed by atoms with van der Waals surface area (Å²) in [6.45, 7) is 6.42. The Morgan fingerprint density at radius 1 is 1.43 bits per heavy atom. The predicted octanol–water partition coefficient (Wildman–Crippen LogP) is 1.27. The zero-order valence-electron chi connectivity index (χ0n) is 13.2. The van der Waals surface area contributed by atoms with Crippen LogP contribution in [0.2, 0.25) is 0 Å². The highest BCUT2D eigenvalue weighted by Gasteiger charge is 2.22. The van der Waals surface area contributed by atoms with Gasteiger partial charge in [-0.05, 0) is 38.1 Å². The standard InChI is InChI=1S/C16H27N5/c1-3-21-12-6-8-15(21)13-20-16(17-2)19-11-9-14-7-4-5-10-18-14/h4-5,7,10,15H,3,6,8-9,11-13H2,1-2H3,(H2,17,19,20). The summed E-state index contributed by atoms with van der Waals surface area (Å²) in [6.07, 6.45) is 5.34. The highest BCUT2D eigenvalue weighted by atomic mass is 15.2. The van der Waals surface area contributed by atoms with Gasteiger partial charge in [-0.1, -0.05) is 13.0 Å². The highest BCUT2D eigenvalue weighted by molar-refractivity contribution is 5.79. The van der Waals surface area contributed by atoms with Crippen molar-refractivity contribution in [2.45, 2.75) is 32.2 Å². The Morgan fingerprint density at radius 2 is 2.33 bits per heavy atom. The number of likely N-dealkylation sites (N-methyl/N-ethyl adjacent to an activating group) is 1. The molecule has 0 bridgehead atoms. The Morgan fingerprint density at radius 3 is 3.05 bits per heavy atom. The molecule has 0 amide bonds. The molecule has 1 unspecified atom stereocenters. The van der Waals surface area contributed by atoms with Crippen LogP contribution >= 0.6 is 0 Å². The average molecular weight is 289 g/mol. The first-order valence-corrected chi connectivity index (χ1v) is 7.92. The van der Waals surface area contributed by atoms with E-state index < -0.39 is 0 Å². The lowest BCUT2D eigenvalue weighted by atomic mass is 10.2. The number of rotatable bonds is 6. The molecule has 2 heterocycles. The second-order valence-corrected chi connectivity index (χ2v) is 5.38. The van der Waals surface area contributed by atoms with Gasteiger partial charge in [-0.25, -0.2) is 0 Å². The molecule has 1 aromatic heterocycles. The van der Waals surface area contributed by atoms with E-state index in [9.17, 15) is 0 Å². The van der Waals surface area contributed by atoms with Gasteiger partial charge in [0.1, 0.15) is 0 Å². The molecule has 21 heavy (non-hydrogen) atoms. The van der Waals surface area contributed by atoms with Crippen molar-refractivity contribution in [1.82, 2.24) is 20.5 Å². The average Bonchev–Trinajstić information content (AvgIpc) is 2.99. The van der Waals surface area contributed by atoms with Gasteiger partial charge in [0, 0.05) is 44.5 Å². The maximum atomic E-state index is 4.32. The van der Waals surface area contributed by atoms with Gasteiger partial charge in [-0.3, -0.25) is 14.9 Å². The fourth-order valence-electron chi connectivity index (χ4n) is 2.83.